The molecular formula is C36H34FN5O6. The van der Waals surface area contributed by atoms with Gasteiger partial charge in [0.05, 0.1) is 5.56 Å². The molecule has 0 spiro atoms. The lowest BCUT2D eigenvalue weighted by atomic mass is 10.0. The predicted octanol–water partition coefficient (Wildman–Crippen LogP) is 6.93. The maximum atomic E-state index is 15.2. The van der Waals surface area contributed by atoms with E-state index in [4.69, 9.17) is 9.26 Å². The summed E-state index contributed by atoms with van der Waals surface area (Å²) in [5.74, 6) is -2.40. The summed E-state index contributed by atoms with van der Waals surface area (Å²) < 4.78 is 25.8. The fourth-order valence-electron chi connectivity index (χ4n) is 4.68. The van der Waals surface area contributed by atoms with Crippen LogP contribution in [-0.2, 0) is 22.5 Å². The van der Waals surface area contributed by atoms with Gasteiger partial charge in [0.15, 0.2) is 0 Å². The number of benzene rings is 4. The minimum Gasteiger partial charge on any atom is -0.480 e. The first kappa shape index (κ1) is 33.3. The number of ether oxygens (including phenoxy) is 1. The van der Waals surface area contributed by atoms with Crippen LogP contribution in [0.5, 0.6) is 0 Å². The normalized spacial score (nSPS) is 11.8. The summed E-state index contributed by atoms with van der Waals surface area (Å²) in [5, 5.41) is 22.1. The number of carbonyl (C=O) groups is 3. The Morgan fingerprint density at radius 3 is 2.33 bits per heavy atom. The molecule has 5 rings (SSSR count). The number of amides is 2. The zero-order chi connectivity index (χ0) is 34.3. The van der Waals surface area contributed by atoms with Gasteiger partial charge in [0.2, 0.25) is 5.82 Å². The summed E-state index contributed by atoms with van der Waals surface area (Å²) in [5.41, 5.74) is 2.84. The number of carboxylic acids is 1. The quantitative estimate of drug-likeness (QED) is 0.119. The number of hydrogen-bond acceptors (Lipinski definition) is 8. The summed E-state index contributed by atoms with van der Waals surface area (Å²) in [6.45, 7) is 5.84. The van der Waals surface area contributed by atoms with E-state index in [9.17, 15) is 19.5 Å². The van der Waals surface area contributed by atoms with Crippen molar-refractivity contribution in [3.63, 3.8) is 0 Å². The largest absolute Gasteiger partial charge is 0.480 e. The lowest BCUT2D eigenvalue weighted by Crippen LogP contribution is -2.42. The monoisotopic (exact) mass is 651 g/mol. The summed E-state index contributed by atoms with van der Waals surface area (Å²) in [4.78, 5) is 41.3. The predicted molar refractivity (Wildman–Crippen MR) is 178 cm³/mol. The van der Waals surface area contributed by atoms with Crippen LogP contribution in [0.25, 0.3) is 22.8 Å². The minimum atomic E-state index is -1.31. The van der Waals surface area contributed by atoms with Gasteiger partial charge in [0.25, 0.3) is 11.8 Å². The maximum Gasteiger partial charge on any atom is 0.412 e. The average Bonchev–Trinajstić information content (AvgIpc) is 3.53. The number of rotatable bonds is 11. The van der Waals surface area contributed by atoms with Gasteiger partial charge < -0.3 is 25.0 Å². The van der Waals surface area contributed by atoms with Crippen LogP contribution in [0.2, 0.25) is 0 Å². The van der Waals surface area contributed by atoms with Gasteiger partial charge >= 0.3 is 12.1 Å². The fraction of sp³-hybridized carbons (Fsp3) is 0.194. The Hall–Kier alpha value is -6.04. The number of nitrogens with zero attached hydrogens (tertiary/aromatic N) is 2. The van der Waals surface area contributed by atoms with Gasteiger partial charge in [-0.05, 0) is 86.5 Å². The van der Waals surface area contributed by atoms with Crippen molar-refractivity contribution in [2.75, 3.05) is 10.6 Å². The first-order valence-electron chi connectivity index (χ1n) is 15.1. The molecule has 0 fully saturated rings. The van der Waals surface area contributed by atoms with Crippen LogP contribution in [0.4, 0.5) is 20.6 Å². The molecule has 4 aromatic carbocycles. The molecule has 0 radical (unpaired) electrons. The molecule has 0 aliphatic rings. The lowest BCUT2D eigenvalue weighted by Gasteiger charge is -2.19. The minimum absolute atomic E-state index is 0.00569. The van der Waals surface area contributed by atoms with Gasteiger partial charge in [-0.1, -0.05) is 47.6 Å². The second-order valence-electron chi connectivity index (χ2n) is 11.9. The van der Waals surface area contributed by atoms with Crippen molar-refractivity contribution in [2.24, 2.45) is 0 Å². The molecule has 0 saturated carbocycles. The van der Waals surface area contributed by atoms with Crippen LogP contribution in [0.3, 0.4) is 0 Å². The Bertz CT molecular complexity index is 1900. The van der Waals surface area contributed by atoms with Gasteiger partial charge in [0.1, 0.15) is 17.5 Å². The second-order valence-corrected chi connectivity index (χ2v) is 11.9. The smallest absolute Gasteiger partial charge is 0.412 e. The highest BCUT2D eigenvalue weighted by atomic mass is 19.1. The number of aliphatic carboxylic acids is 1. The van der Waals surface area contributed by atoms with Gasteiger partial charge in [-0.3, -0.25) is 10.1 Å². The molecule has 1 aromatic heterocycles. The van der Waals surface area contributed by atoms with Crippen molar-refractivity contribution in [3.8, 4) is 22.8 Å². The number of halogens is 1. The Morgan fingerprint density at radius 2 is 1.65 bits per heavy atom. The van der Waals surface area contributed by atoms with Crippen molar-refractivity contribution in [2.45, 2.75) is 45.4 Å². The number of anilines is 2. The maximum absolute atomic E-state index is 15.2. The van der Waals surface area contributed by atoms with E-state index in [2.05, 4.69) is 26.1 Å². The van der Waals surface area contributed by atoms with Crippen LogP contribution in [0, 0.1) is 5.82 Å². The number of hydrogen-bond donors (Lipinski definition) is 4. The van der Waals surface area contributed by atoms with Crippen molar-refractivity contribution < 1.29 is 33.1 Å². The molecule has 0 saturated heterocycles. The Balaban J connectivity index is 1.21. The highest BCUT2D eigenvalue weighted by Crippen LogP contribution is 2.26. The molecule has 1 heterocycles. The molecule has 1 atom stereocenters. The van der Waals surface area contributed by atoms with Gasteiger partial charge in [-0.2, -0.15) is 4.98 Å². The molecular weight excluding hydrogens is 617 g/mol. The molecule has 246 valence electrons. The van der Waals surface area contributed by atoms with Crippen molar-refractivity contribution >= 4 is 29.3 Å². The SMILES string of the molecule is CC(C)(C)OC(=O)Nc1ccc(-c2nc(-c3ccc(CC(NC(=O)c4cccc(NCc5ccccc5)c4)C(=O)O)cc3F)no2)cc1. The van der Waals surface area contributed by atoms with Crippen molar-refractivity contribution in [1.82, 2.24) is 15.5 Å². The van der Waals surface area contributed by atoms with E-state index in [1.165, 1.54) is 12.1 Å². The third-order valence-electron chi connectivity index (χ3n) is 6.99. The Kier molecular flexibility index (Phi) is 10.1. The molecule has 1 unspecified atom stereocenters. The highest BCUT2D eigenvalue weighted by molar-refractivity contribution is 5.97. The van der Waals surface area contributed by atoms with E-state index >= 15 is 4.39 Å². The summed E-state index contributed by atoms with van der Waals surface area (Å²) in [7, 11) is 0. The topological polar surface area (TPSA) is 156 Å². The summed E-state index contributed by atoms with van der Waals surface area (Å²) in [6, 6.07) is 25.9. The Morgan fingerprint density at radius 1 is 0.896 bits per heavy atom. The van der Waals surface area contributed by atoms with Crippen molar-refractivity contribution in [1.29, 1.82) is 0 Å². The number of aromatic nitrogens is 2. The molecule has 2 amide bonds. The van der Waals surface area contributed by atoms with Crippen LogP contribution in [0.15, 0.2) is 102 Å². The van der Waals surface area contributed by atoms with E-state index in [1.54, 1.807) is 69.3 Å². The van der Waals surface area contributed by atoms with Crippen LogP contribution >= 0.6 is 0 Å². The molecule has 0 bridgehead atoms. The van der Waals surface area contributed by atoms with Gasteiger partial charge in [-0.15, -0.1) is 0 Å². The fourth-order valence-corrected chi connectivity index (χ4v) is 4.68. The van der Waals surface area contributed by atoms with E-state index in [0.29, 0.717) is 29.0 Å². The van der Waals surface area contributed by atoms with E-state index in [0.717, 1.165) is 5.56 Å². The molecule has 0 aliphatic carbocycles. The number of carbonyl (C=O) groups excluding carboxylic acids is 2. The summed E-state index contributed by atoms with van der Waals surface area (Å²) >= 11 is 0. The molecule has 12 heteroatoms. The first-order valence-corrected chi connectivity index (χ1v) is 15.1. The molecule has 11 nitrogen and oxygen atoms in total. The molecule has 4 N–H and O–H groups in total. The number of carboxylic acid groups (broad SMARTS) is 1. The molecule has 0 aliphatic heterocycles. The third kappa shape index (κ3) is 9.03. The van der Waals surface area contributed by atoms with Crippen LogP contribution < -0.4 is 16.0 Å². The van der Waals surface area contributed by atoms with Gasteiger partial charge in [0, 0.05) is 35.5 Å². The lowest BCUT2D eigenvalue weighted by molar-refractivity contribution is -0.139. The van der Waals surface area contributed by atoms with Crippen molar-refractivity contribution in [3.05, 3.63) is 120 Å². The first-order chi connectivity index (χ1) is 22.9. The number of nitrogens with one attached hydrogen (secondary N) is 3. The van der Waals surface area contributed by atoms with Gasteiger partial charge in [-0.25, -0.2) is 14.0 Å². The standard InChI is InChI=1S/C36H34FN5O6/c1-36(2,3)47-35(46)39-26-15-13-24(14-16-26)33-41-31(42-48-33)28-17-12-23(18-29(28)37)19-30(34(44)45)40-32(43)25-10-7-11-27(20-25)38-21-22-8-5-4-6-9-22/h4-18,20,30,38H,19,21H2,1-3H3,(H,39,46)(H,40,43)(H,44,45). The highest BCUT2D eigenvalue weighted by Gasteiger charge is 2.23. The Labute approximate surface area is 276 Å². The zero-order valence-corrected chi connectivity index (χ0v) is 26.5. The average molecular weight is 652 g/mol. The van der Waals surface area contributed by atoms with Crippen LogP contribution in [0.1, 0.15) is 42.3 Å². The van der Waals surface area contributed by atoms with E-state index in [1.807, 2.05) is 36.4 Å². The second kappa shape index (κ2) is 14.6. The third-order valence-corrected chi connectivity index (χ3v) is 6.99. The zero-order valence-electron chi connectivity index (χ0n) is 26.5. The van der Waals surface area contributed by atoms with E-state index in [-0.39, 0.29) is 29.3 Å². The summed E-state index contributed by atoms with van der Waals surface area (Å²) in [6.07, 6.45) is -0.755. The molecule has 5 aromatic rings. The van der Waals surface area contributed by atoms with E-state index < -0.39 is 35.4 Å². The van der Waals surface area contributed by atoms with Crippen LogP contribution in [-0.4, -0.2) is 44.9 Å². The molecule has 48 heavy (non-hydrogen) atoms.